The van der Waals surface area contributed by atoms with Gasteiger partial charge in [-0.1, -0.05) is 17.7 Å². The molecule has 4 N–H and O–H groups in total. The number of anilines is 1. The molecule has 2 aromatic heterocycles. The van der Waals surface area contributed by atoms with Crippen molar-refractivity contribution in [3.63, 3.8) is 0 Å². The van der Waals surface area contributed by atoms with Gasteiger partial charge >= 0.3 is 0 Å². The topological polar surface area (TPSA) is 103 Å². The molecule has 0 spiro atoms. The van der Waals surface area contributed by atoms with Crippen LogP contribution in [0, 0.1) is 12.7 Å². The summed E-state index contributed by atoms with van der Waals surface area (Å²) in [5.74, 6) is -0.517. The Morgan fingerprint density at radius 2 is 2.18 bits per heavy atom. The van der Waals surface area contributed by atoms with E-state index in [4.69, 9.17) is 11.6 Å². The Kier molecular flexibility index (Phi) is 5.91. The number of aromatic amines is 1. The van der Waals surface area contributed by atoms with Crippen LogP contribution in [0.15, 0.2) is 36.7 Å². The molecule has 1 amide bonds. The lowest BCUT2D eigenvalue weighted by Crippen LogP contribution is -2.31. The maximum absolute atomic E-state index is 13.3. The summed E-state index contributed by atoms with van der Waals surface area (Å²) >= 11 is 5.79. The largest absolute Gasteiger partial charge is 0.394 e. The van der Waals surface area contributed by atoms with E-state index in [0.29, 0.717) is 22.9 Å². The molecule has 0 saturated carbocycles. The van der Waals surface area contributed by atoms with E-state index in [1.807, 2.05) is 6.92 Å². The molecule has 0 aliphatic heterocycles. The Hall–Kier alpha value is -2.97. The number of carbonyl (C=O) groups is 1. The summed E-state index contributed by atoms with van der Waals surface area (Å²) in [5, 5.41) is 15.1. The minimum atomic E-state index is -0.728. The monoisotopic (exact) mass is 403 g/mol. The van der Waals surface area contributed by atoms with Gasteiger partial charge in [0.25, 0.3) is 5.91 Å². The van der Waals surface area contributed by atoms with Gasteiger partial charge in [0.1, 0.15) is 11.5 Å². The number of rotatable bonds is 6. The standard InChI is InChI=1S/C19H19ClFN5O2/c1-10-7-24-19(22-2)26-17(10)12-6-15(23-8-12)18(28)25-16(9-27)11-3-4-14(21)13(20)5-11/h3-8,16,23,27H,9H2,1-2H3,(H,25,28)(H,22,24,26)/t16-/m0/s1. The minimum Gasteiger partial charge on any atom is -0.394 e. The lowest BCUT2D eigenvalue weighted by molar-refractivity contribution is 0.0911. The van der Waals surface area contributed by atoms with Crippen molar-refractivity contribution in [1.29, 1.82) is 0 Å². The maximum Gasteiger partial charge on any atom is 0.268 e. The number of aliphatic hydroxyl groups excluding tert-OH is 1. The summed E-state index contributed by atoms with van der Waals surface area (Å²) in [6, 6.07) is 4.97. The molecule has 0 saturated heterocycles. The molecule has 2 heterocycles. The van der Waals surface area contributed by atoms with Crippen LogP contribution in [0.2, 0.25) is 5.02 Å². The first kappa shape index (κ1) is 19.8. The second kappa shape index (κ2) is 8.37. The maximum atomic E-state index is 13.3. The van der Waals surface area contributed by atoms with Gasteiger partial charge in [0.15, 0.2) is 0 Å². The molecule has 0 radical (unpaired) electrons. The van der Waals surface area contributed by atoms with Crippen molar-refractivity contribution >= 4 is 23.5 Å². The van der Waals surface area contributed by atoms with Gasteiger partial charge in [-0.3, -0.25) is 4.79 Å². The molecule has 0 fully saturated rings. The van der Waals surface area contributed by atoms with Crippen molar-refractivity contribution in [2.45, 2.75) is 13.0 Å². The van der Waals surface area contributed by atoms with E-state index < -0.39 is 17.8 Å². The van der Waals surface area contributed by atoms with Crippen LogP contribution in [-0.4, -0.2) is 39.6 Å². The zero-order valence-electron chi connectivity index (χ0n) is 15.3. The summed E-state index contributed by atoms with van der Waals surface area (Å²) in [7, 11) is 1.72. The van der Waals surface area contributed by atoms with E-state index >= 15 is 0 Å². The quantitative estimate of drug-likeness (QED) is 0.506. The number of hydrogen-bond acceptors (Lipinski definition) is 5. The number of amides is 1. The lowest BCUT2D eigenvalue weighted by atomic mass is 10.1. The van der Waals surface area contributed by atoms with E-state index in [2.05, 4.69) is 25.6 Å². The Bertz CT molecular complexity index is 1010. The summed E-state index contributed by atoms with van der Waals surface area (Å²) < 4.78 is 13.3. The van der Waals surface area contributed by atoms with Crippen LogP contribution < -0.4 is 10.6 Å². The highest BCUT2D eigenvalue weighted by atomic mass is 35.5. The van der Waals surface area contributed by atoms with Gasteiger partial charge in [0.2, 0.25) is 5.95 Å². The van der Waals surface area contributed by atoms with Crippen molar-refractivity contribution in [2.75, 3.05) is 19.0 Å². The molecule has 0 unspecified atom stereocenters. The Labute approximate surface area is 166 Å². The fourth-order valence-electron chi connectivity index (χ4n) is 2.72. The number of benzene rings is 1. The highest BCUT2D eigenvalue weighted by molar-refractivity contribution is 6.30. The third-order valence-electron chi connectivity index (χ3n) is 4.23. The fourth-order valence-corrected chi connectivity index (χ4v) is 2.91. The molecule has 9 heteroatoms. The predicted octanol–water partition coefficient (Wildman–Crippen LogP) is 3.08. The van der Waals surface area contributed by atoms with Gasteiger partial charge in [-0.05, 0) is 36.2 Å². The summed E-state index contributed by atoms with van der Waals surface area (Å²) in [5.41, 5.74) is 3.08. The van der Waals surface area contributed by atoms with E-state index in [1.165, 1.54) is 18.2 Å². The molecule has 1 aromatic carbocycles. The predicted molar refractivity (Wildman–Crippen MR) is 105 cm³/mol. The first-order chi connectivity index (χ1) is 13.4. The third-order valence-corrected chi connectivity index (χ3v) is 4.52. The molecule has 0 aliphatic carbocycles. The molecule has 3 rings (SSSR count). The Balaban J connectivity index is 1.81. The molecule has 0 bridgehead atoms. The van der Waals surface area contributed by atoms with Crippen LogP contribution in [-0.2, 0) is 0 Å². The van der Waals surface area contributed by atoms with Crippen LogP contribution >= 0.6 is 11.6 Å². The minimum absolute atomic E-state index is 0.0769. The second-order valence-electron chi connectivity index (χ2n) is 6.16. The highest BCUT2D eigenvalue weighted by Gasteiger charge is 2.18. The molecule has 28 heavy (non-hydrogen) atoms. The second-order valence-corrected chi connectivity index (χ2v) is 6.57. The fraction of sp³-hybridized carbons (Fsp3) is 0.211. The number of H-pyrrole nitrogens is 1. The molecule has 1 atom stereocenters. The van der Waals surface area contributed by atoms with E-state index in [0.717, 1.165) is 11.1 Å². The van der Waals surface area contributed by atoms with Crippen molar-refractivity contribution in [3.8, 4) is 11.3 Å². The van der Waals surface area contributed by atoms with E-state index in [9.17, 15) is 14.3 Å². The van der Waals surface area contributed by atoms with Gasteiger partial charge in [-0.25, -0.2) is 14.4 Å². The SMILES string of the molecule is CNc1ncc(C)c(-c2c[nH]c(C(=O)N[C@@H](CO)c3ccc(F)c(Cl)c3)c2)n1. The first-order valence-corrected chi connectivity index (χ1v) is 8.87. The zero-order valence-corrected chi connectivity index (χ0v) is 16.0. The summed E-state index contributed by atoms with van der Waals surface area (Å²) in [4.78, 5) is 24.1. The van der Waals surface area contributed by atoms with E-state index in [1.54, 1.807) is 25.5 Å². The van der Waals surface area contributed by atoms with Crippen LogP contribution in [0.4, 0.5) is 10.3 Å². The lowest BCUT2D eigenvalue weighted by Gasteiger charge is -2.16. The van der Waals surface area contributed by atoms with Crippen LogP contribution in [0.25, 0.3) is 11.3 Å². The third kappa shape index (κ3) is 4.13. The van der Waals surface area contributed by atoms with Gasteiger partial charge in [0, 0.05) is 25.0 Å². The number of halogens is 2. The first-order valence-electron chi connectivity index (χ1n) is 8.49. The van der Waals surface area contributed by atoms with E-state index in [-0.39, 0.29) is 11.6 Å². The molecule has 0 aliphatic rings. The Morgan fingerprint density at radius 3 is 2.86 bits per heavy atom. The smallest absolute Gasteiger partial charge is 0.268 e. The zero-order chi connectivity index (χ0) is 20.3. The highest BCUT2D eigenvalue weighted by Crippen LogP contribution is 2.24. The average molecular weight is 404 g/mol. The van der Waals surface area contributed by atoms with Gasteiger partial charge in [-0.15, -0.1) is 0 Å². The van der Waals surface area contributed by atoms with Crippen LogP contribution in [0.5, 0.6) is 0 Å². The molecular weight excluding hydrogens is 385 g/mol. The number of hydrogen-bond donors (Lipinski definition) is 4. The average Bonchev–Trinajstić information content (AvgIpc) is 3.18. The number of carbonyl (C=O) groups excluding carboxylic acids is 1. The number of aryl methyl sites for hydroxylation is 1. The van der Waals surface area contributed by atoms with Crippen molar-refractivity contribution in [1.82, 2.24) is 20.3 Å². The van der Waals surface area contributed by atoms with Crippen molar-refractivity contribution in [3.05, 3.63) is 64.3 Å². The number of nitrogens with zero attached hydrogens (tertiary/aromatic N) is 2. The molecule has 146 valence electrons. The van der Waals surface area contributed by atoms with Crippen molar-refractivity contribution in [2.24, 2.45) is 0 Å². The molecular formula is C19H19ClFN5O2. The Morgan fingerprint density at radius 1 is 1.39 bits per heavy atom. The normalized spacial score (nSPS) is 11.9. The molecule has 3 aromatic rings. The number of nitrogens with one attached hydrogen (secondary N) is 3. The van der Waals surface area contributed by atoms with Crippen LogP contribution in [0.3, 0.4) is 0 Å². The number of aromatic nitrogens is 3. The molecule has 7 nitrogen and oxygen atoms in total. The van der Waals surface area contributed by atoms with Gasteiger partial charge in [-0.2, -0.15) is 0 Å². The van der Waals surface area contributed by atoms with Gasteiger partial charge in [0.05, 0.1) is 23.4 Å². The van der Waals surface area contributed by atoms with Gasteiger partial charge < -0.3 is 20.7 Å². The summed E-state index contributed by atoms with van der Waals surface area (Å²) in [6.45, 7) is 1.51. The van der Waals surface area contributed by atoms with Crippen molar-refractivity contribution < 1.29 is 14.3 Å². The van der Waals surface area contributed by atoms with Crippen LogP contribution in [0.1, 0.15) is 27.7 Å². The summed E-state index contributed by atoms with van der Waals surface area (Å²) in [6.07, 6.45) is 3.37. The number of aliphatic hydroxyl groups is 1.